The fraction of sp³-hybridized carbons (Fsp3) is 0.652. The standard InChI is InChI=1S/C23H30O3/c1-13-10-17-18(21(4)8-6-16(25)12-19(13)21)7-9-22(5)20(17)11-14(2)23(22,26)15(3)24/h10,12,17-18,20,26H,2,6-9,11H2,1,3-5H3/t17-,18+,20+,21-,22+,23+/m1/s1/i1D3. The van der Waals surface area contributed by atoms with Crippen LogP contribution in [0.5, 0.6) is 0 Å². The summed E-state index contributed by atoms with van der Waals surface area (Å²) in [6, 6.07) is 0. The van der Waals surface area contributed by atoms with Gasteiger partial charge in [-0.3, -0.25) is 9.59 Å². The first-order valence-corrected chi connectivity index (χ1v) is 9.66. The van der Waals surface area contributed by atoms with Gasteiger partial charge in [0.15, 0.2) is 11.6 Å². The zero-order valence-electron chi connectivity index (χ0n) is 18.9. The van der Waals surface area contributed by atoms with Gasteiger partial charge in [-0.15, -0.1) is 0 Å². The summed E-state index contributed by atoms with van der Waals surface area (Å²) in [5.41, 5.74) is -1.09. The van der Waals surface area contributed by atoms with Gasteiger partial charge in [0.25, 0.3) is 0 Å². The Morgan fingerprint density at radius 2 is 2.08 bits per heavy atom. The van der Waals surface area contributed by atoms with Crippen LogP contribution in [-0.2, 0) is 9.59 Å². The fourth-order valence-electron chi connectivity index (χ4n) is 6.76. The first-order chi connectivity index (χ1) is 13.3. The molecule has 2 fully saturated rings. The maximum atomic E-state index is 12.5. The predicted molar refractivity (Wildman–Crippen MR) is 101 cm³/mol. The van der Waals surface area contributed by atoms with Crippen molar-refractivity contribution >= 4 is 11.6 Å². The maximum Gasteiger partial charge on any atom is 0.166 e. The normalized spacial score (nSPS) is 49.7. The van der Waals surface area contributed by atoms with Crippen molar-refractivity contribution in [2.24, 2.45) is 28.6 Å². The molecule has 0 amide bonds. The maximum absolute atomic E-state index is 12.5. The minimum atomic E-state index is -2.31. The van der Waals surface area contributed by atoms with E-state index in [0.29, 0.717) is 36.8 Å². The molecular formula is C23H30O3. The zero-order chi connectivity index (χ0) is 21.6. The summed E-state index contributed by atoms with van der Waals surface area (Å²) < 4.78 is 24.4. The molecule has 0 saturated heterocycles. The van der Waals surface area contributed by atoms with E-state index in [1.807, 2.05) is 13.0 Å². The molecule has 2 saturated carbocycles. The summed E-state index contributed by atoms with van der Waals surface area (Å²) in [7, 11) is 0. The Balaban J connectivity index is 1.90. The van der Waals surface area contributed by atoms with E-state index < -0.39 is 17.9 Å². The van der Waals surface area contributed by atoms with E-state index in [-0.39, 0.29) is 40.3 Å². The largest absolute Gasteiger partial charge is 0.377 e. The number of allylic oxidation sites excluding steroid dienone is 4. The highest BCUT2D eigenvalue weighted by Gasteiger charge is 2.66. The second kappa shape index (κ2) is 5.28. The summed E-state index contributed by atoms with van der Waals surface area (Å²) >= 11 is 0. The molecule has 3 heteroatoms. The number of carbonyl (C=O) groups is 2. The summed E-state index contributed by atoms with van der Waals surface area (Å²) in [4.78, 5) is 24.6. The highest BCUT2D eigenvalue weighted by Crippen LogP contribution is 2.67. The Labute approximate surface area is 160 Å². The van der Waals surface area contributed by atoms with Crippen LogP contribution in [0.2, 0.25) is 0 Å². The molecule has 4 aliphatic rings. The number of ketones is 2. The van der Waals surface area contributed by atoms with Crippen LogP contribution in [0.1, 0.15) is 63.8 Å². The predicted octanol–water partition coefficient (Wildman–Crippen LogP) is 4.17. The minimum absolute atomic E-state index is 0.00748. The molecule has 0 aliphatic heterocycles. The molecule has 0 aromatic heterocycles. The summed E-state index contributed by atoms with van der Waals surface area (Å²) in [6.07, 6.45) is 6.48. The molecule has 0 aromatic carbocycles. The van der Waals surface area contributed by atoms with Gasteiger partial charge in [0.2, 0.25) is 0 Å². The van der Waals surface area contributed by atoms with Crippen molar-refractivity contribution in [1.82, 2.24) is 0 Å². The smallest absolute Gasteiger partial charge is 0.166 e. The van der Waals surface area contributed by atoms with Gasteiger partial charge in [-0.1, -0.05) is 32.1 Å². The van der Waals surface area contributed by atoms with E-state index in [4.69, 9.17) is 4.11 Å². The van der Waals surface area contributed by atoms with Crippen molar-refractivity contribution in [2.75, 3.05) is 0 Å². The minimum Gasteiger partial charge on any atom is -0.377 e. The van der Waals surface area contributed by atoms with Crippen LogP contribution in [0, 0.1) is 28.6 Å². The number of carbonyl (C=O) groups excluding carboxylic acids is 2. The molecule has 4 aliphatic carbocycles. The van der Waals surface area contributed by atoms with Gasteiger partial charge in [0.1, 0.15) is 5.60 Å². The summed E-state index contributed by atoms with van der Waals surface area (Å²) in [6.45, 7) is 7.23. The number of hydrogen-bond donors (Lipinski definition) is 1. The van der Waals surface area contributed by atoms with Gasteiger partial charge >= 0.3 is 0 Å². The summed E-state index contributed by atoms with van der Waals surface area (Å²) in [5.74, 6) is -0.211. The molecule has 3 nitrogen and oxygen atoms in total. The number of fused-ring (bicyclic) bond motifs is 5. The van der Waals surface area contributed by atoms with Crippen LogP contribution in [0.3, 0.4) is 0 Å². The van der Waals surface area contributed by atoms with Gasteiger partial charge in [-0.05, 0) is 79.8 Å². The number of rotatable bonds is 1. The van der Waals surface area contributed by atoms with Crippen LogP contribution in [0.4, 0.5) is 0 Å². The Morgan fingerprint density at radius 1 is 1.35 bits per heavy atom. The van der Waals surface area contributed by atoms with Crippen molar-refractivity contribution in [1.29, 1.82) is 0 Å². The molecule has 0 bridgehead atoms. The highest BCUT2D eigenvalue weighted by molar-refractivity contribution is 5.93. The van der Waals surface area contributed by atoms with Crippen molar-refractivity contribution in [2.45, 2.75) is 65.3 Å². The summed E-state index contributed by atoms with van der Waals surface area (Å²) in [5, 5.41) is 11.4. The molecule has 0 heterocycles. The van der Waals surface area contributed by atoms with Crippen molar-refractivity contribution in [3.63, 3.8) is 0 Å². The lowest BCUT2D eigenvalue weighted by Gasteiger charge is -2.57. The Morgan fingerprint density at radius 3 is 2.73 bits per heavy atom. The van der Waals surface area contributed by atoms with Crippen LogP contribution in [-0.4, -0.2) is 22.3 Å². The molecule has 0 radical (unpaired) electrons. The van der Waals surface area contributed by atoms with E-state index >= 15 is 0 Å². The van der Waals surface area contributed by atoms with E-state index in [0.717, 1.165) is 6.42 Å². The quantitative estimate of drug-likeness (QED) is 0.717. The molecule has 140 valence electrons. The molecule has 0 aromatic rings. The lowest BCUT2D eigenvalue weighted by Crippen LogP contribution is -2.57. The van der Waals surface area contributed by atoms with Crippen LogP contribution in [0.25, 0.3) is 0 Å². The van der Waals surface area contributed by atoms with E-state index in [9.17, 15) is 14.7 Å². The molecule has 26 heavy (non-hydrogen) atoms. The fourth-order valence-corrected chi connectivity index (χ4v) is 6.76. The Hall–Kier alpha value is -1.48. The second-order valence-corrected chi connectivity index (χ2v) is 9.34. The van der Waals surface area contributed by atoms with Crippen LogP contribution < -0.4 is 0 Å². The molecule has 0 unspecified atom stereocenters. The molecular weight excluding hydrogens is 324 g/mol. The third kappa shape index (κ3) is 1.93. The number of hydrogen-bond acceptors (Lipinski definition) is 3. The lowest BCUT2D eigenvalue weighted by atomic mass is 9.47. The van der Waals surface area contributed by atoms with Gasteiger partial charge < -0.3 is 5.11 Å². The topological polar surface area (TPSA) is 54.4 Å². The molecule has 4 rings (SSSR count). The van der Waals surface area contributed by atoms with Gasteiger partial charge in [0.05, 0.1) is 0 Å². The molecule has 0 spiro atoms. The number of Topliss-reactive ketones (excluding diaryl/α,β-unsaturated/α-hetero) is 1. The van der Waals surface area contributed by atoms with Crippen molar-refractivity contribution in [3.05, 3.63) is 35.5 Å². The first-order valence-electron chi connectivity index (χ1n) is 11.2. The molecule has 1 N–H and O–H groups in total. The van der Waals surface area contributed by atoms with Crippen molar-refractivity contribution in [3.8, 4) is 0 Å². The average Bonchev–Trinajstić information content (AvgIpc) is 2.82. The van der Waals surface area contributed by atoms with E-state index in [2.05, 4.69) is 13.5 Å². The number of aliphatic hydroxyl groups is 1. The first kappa shape index (κ1) is 14.6. The highest BCUT2D eigenvalue weighted by atomic mass is 16.3. The average molecular weight is 358 g/mol. The van der Waals surface area contributed by atoms with Gasteiger partial charge in [-0.2, -0.15) is 0 Å². The Bertz CT molecular complexity index is 882. The van der Waals surface area contributed by atoms with Crippen molar-refractivity contribution < 1.29 is 18.8 Å². The third-order valence-corrected chi connectivity index (χ3v) is 8.32. The monoisotopic (exact) mass is 357 g/mol. The molecule has 6 atom stereocenters. The second-order valence-electron chi connectivity index (χ2n) is 9.34. The van der Waals surface area contributed by atoms with E-state index in [1.54, 1.807) is 6.08 Å². The van der Waals surface area contributed by atoms with Crippen LogP contribution >= 0.6 is 0 Å². The van der Waals surface area contributed by atoms with E-state index in [1.165, 1.54) is 6.92 Å². The van der Waals surface area contributed by atoms with Crippen LogP contribution in [0.15, 0.2) is 35.5 Å². The van der Waals surface area contributed by atoms with Gasteiger partial charge in [-0.25, -0.2) is 0 Å². The third-order valence-electron chi connectivity index (χ3n) is 8.32. The SMILES string of the molecule is [2H]C([2H])([2H])C1=C[C@@H]2[C@H](CC[C@@]3(C)[C@H]2CC(=C)[C@]3(O)C(C)=O)[C@@]2(C)CCC(=O)C=C12. The zero-order valence-corrected chi connectivity index (χ0v) is 15.9. The Kier molecular flexibility index (Phi) is 2.96. The lowest BCUT2D eigenvalue weighted by molar-refractivity contribution is -0.151. The van der Waals surface area contributed by atoms with Gasteiger partial charge in [0, 0.05) is 15.9 Å².